The number of nitrogens with one attached hydrogen (secondary N) is 1. The quantitative estimate of drug-likeness (QED) is 0.509. The first-order valence-electron chi connectivity index (χ1n) is 4.02. The molecule has 4 heteroatoms. The predicted molar refractivity (Wildman–Crippen MR) is 60.9 cm³/mol. The summed E-state index contributed by atoms with van der Waals surface area (Å²) in [4.78, 5) is 0. The summed E-state index contributed by atoms with van der Waals surface area (Å²) < 4.78 is 2.06. The van der Waals surface area contributed by atoms with Gasteiger partial charge in [-0.15, -0.1) is 18.8 Å². The lowest BCUT2D eigenvalue weighted by Crippen LogP contribution is -2.27. The highest BCUT2D eigenvalue weighted by Crippen LogP contribution is 2.54. The SMILES string of the molecule is C#CC1CP(=S)(NC)N(C)C1C#C. The van der Waals surface area contributed by atoms with Gasteiger partial charge in [0.15, 0.2) is 0 Å². The van der Waals surface area contributed by atoms with Crippen molar-refractivity contribution in [2.45, 2.75) is 6.04 Å². The summed E-state index contributed by atoms with van der Waals surface area (Å²) in [5.74, 6) is 5.54. The Bertz CT molecular complexity index is 325. The summed E-state index contributed by atoms with van der Waals surface area (Å²) in [5.41, 5.74) is 0. The van der Waals surface area contributed by atoms with Crippen molar-refractivity contribution >= 4 is 18.1 Å². The topological polar surface area (TPSA) is 15.3 Å². The Morgan fingerprint density at radius 3 is 2.46 bits per heavy atom. The molecule has 0 spiro atoms. The lowest BCUT2D eigenvalue weighted by molar-refractivity contribution is 0.454. The van der Waals surface area contributed by atoms with E-state index in [9.17, 15) is 0 Å². The largest absolute Gasteiger partial charge is 0.280 e. The third-order valence-corrected chi connectivity index (χ3v) is 7.09. The Labute approximate surface area is 85.2 Å². The second kappa shape index (κ2) is 3.82. The molecule has 1 heterocycles. The molecule has 13 heavy (non-hydrogen) atoms. The molecule has 0 aromatic carbocycles. The van der Waals surface area contributed by atoms with Crippen LogP contribution < -0.4 is 5.09 Å². The number of terminal acetylenes is 2. The van der Waals surface area contributed by atoms with Crippen molar-refractivity contribution in [2.75, 3.05) is 20.3 Å². The lowest BCUT2D eigenvalue weighted by atomic mass is 10.0. The van der Waals surface area contributed by atoms with Crippen LogP contribution in [0.4, 0.5) is 0 Å². The zero-order valence-electron chi connectivity index (χ0n) is 7.82. The smallest absolute Gasteiger partial charge is 0.0901 e. The maximum absolute atomic E-state index is 5.51. The van der Waals surface area contributed by atoms with Crippen LogP contribution in [0, 0.1) is 30.6 Å². The molecule has 1 rings (SSSR count). The minimum absolute atomic E-state index is 0.00304. The predicted octanol–water partition coefficient (Wildman–Crippen LogP) is 0.712. The molecule has 1 N–H and O–H groups in total. The van der Waals surface area contributed by atoms with Crippen LogP contribution in [-0.4, -0.2) is 31.0 Å². The Morgan fingerprint density at radius 2 is 2.15 bits per heavy atom. The first kappa shape index (κ1) is 10.8. The average molecular weight is 212 g/mol. The molecule has 1 aliphatic heterocycles. The highest BCUT2D eigenvalue weighted by Gasteiger charge is 2.40. The zero-order chi connectivity index (χ0) is 10.1. The summed E-state index contributed by atoms with van der Waals surface area (Å²) >= 11 is 5.51. The first-order chi connectivity index (χ1) is 6.09. The first-order valence-corrected chi connectivity index (χ1v) is 6.96. The molecule has 2 nitrogen and oxygen atoms in total. The number of nitrogens with zero attached hydrogens (tertiary/aromatic N) is 1. The van der Waals surface area contributed by atoms with Gasteiger partial charge in [-0.2, -0.15) is 0 Å². The number of rotatable bonds is 1. The van der Waals surface area contributed by atoms with E-state index in [4.69, 9.17) is 24.7 Å². The Morgan fingerprint density at radius 1 is 1.54 bits per heavy atom. The lowest BCUT2D eigenvalue weighted by Gasteiger charge is -2.25. The number of hydrogen-bond donors (Lipinski definition) is 1. The van der Waals surface area contributed by atoms with Crippen LogP contribution in [0.25, 0.3) is 0 Å². The second-order valence-electron chi connectivity index (χ2n) is 3.07. The normalized spacial score (nSPS) is 39.7. The van der Waals surface area contributed by atoms with E-state index in [-0.39, 0.29) is 12.0 Å². The molecule has 3 unspecified atom stereocenters. The third-order valence-electron chi connectivity index (χ3n) is 2.47. The van der Waals surface area contributed by atoms with E-state index in [1.807, 2.05) is 14.1 Å². The van der Waals surface area contributed by atoms with Gasteiger partial charge in [0.2, 0.25) is 0 Å². The van der Waals surface area contributed by atoms with Crippen molar-refractivity contribution in [1.82, 2.24) is 9.76 Å². The molecular weight excluding hydrogens is 199 g/mol. The van der Waals surface area contributed by atoms with Gasteiger partial charge < -0.3 is 0 Å². The summed E-state index contributed by atoms with van der Waals surface area (Å²) in [6.07, 6.45) is 10.0. The van der Waals surface area contributed by atoms with E-state index >= 15 is 0 Å². The van der Waals surface area contributed by atoms with E-state index in [1.165, 1.54) is 0 Å². The van der Waals surface area contributed by atoms with Crippen molar-refractivity contribution in [3.05, 3.63) is 0 Å². The van der Waals surface area contributed by atoms with Crippen LogP contribution in [0.5, 0.6) is 0 Å². The van der Waals surface area contributed by atoms with Crippen LogP contribution in [0.3, 0.4) is 0 Å². The zero-order valence-corrected chi connectivity index (χ0v) is 9.53. The van der Waals surface area contributed by atoms with Crippen molar-refractivity contribution in [3.8, 4) is 24.7 Å². The van der Waals surface area contributed by atoms with Gasteiger partial charge in [-0.25, -0.2) is 0 Å². The molecule has 0 bridgehead atoms. The fraction of sp³-hybridized carbons (Fsp3) is 0.556. The minimum atomic E-state index is -1.66. The van der Waals surface area contributed by atoms with E-state index < -0.39 is 6.34 Å². The molecule has 70 valence electrons. The molecule has 3 atom stereocenters. The summed E-state index contributed by atoms with van der Waals surface area (Å²) in [6.45, 7) is 0. The van der Waals surface area contributed by atoms with Crippen LogP contribution in [-0.2, 0) is 11.8 Å². The molecule has 0 radical (unpaired) electrons. The van der Waals surface area contributed by atoms with Crippen LogP contribution >= 0.6 is 6.34 Å². The fourth-order valence-electron chi connectivity index (χ4n) is 1.57. The van der Waals surface area contributed by atoms with Crippen molar-refractivity contribution in [2.24, 2.45) is 5.92 Å². The van der Waals surface area contributed by atoms with Gasteiger partial charge >= 0.3 is 0 Å². The number of hydrogen-bond acceptors (Lipinski definition) is 1. The van der Waals surface area contributed by atoms with Gasteiger partial charge in [0.1, 0.15) is 0 Å². The Balaban J connectivity index is 3.00. The standard InChI is InChI=1S/C9H13N2PS/c1-5-8-7-12(13,10-3)11(4)9(8)6-2/h1-2,8-9H,7H2,3-4H3,(H,10,13). The third kappa shape index (κ3) is 1.66. The van der Waals surface area contributed by atoms with E-state index in [2.05, 4.69) is 21.6 Å². The maximum atomic E-state index is 5.51. The van der Waals surface area contributed by atoms with Gasteiger partial charge in [-0.3, -0.25) is 9.76 Å². The second-order valence-corrected chi connectivity index (χ2v) is 7.72. The molecule has 1 fully saturated rings. The summed E-state index contributed by atoms with van der Waals surface area (Å²) in [6, 6.07) is 0.00304. The molecule has 0 aromatic rings. The van der Waals surface area contributed by atoms with Crippen LogP contribution in [0.2, 0.25) is 0 Å². The fourth-order valence-corrected chi connectivity index (χ4v) is 4.58. The molecule has 0 aliphatic carbocycles. The van der Waals surface area contributed by atoms with Crippen LogP contribution in [0.15, 0.2) is 0 Å². The van der Waals surface area contributed by atoms with Crippen LogP contribution in [0.1, 0.15) is 0 Å². The van der Waals surface area contributed by atoms with Crippen molar-refractivity contribution in [1.29, 1.82) is 0 Å². The molecule has 0 saturated carbocycles. The van der Waals surface area contributed by atoms with Gasteiger partial charge in [0, 0.05) is 6.16 Å². The molecule has 0 aromatic heterocycles. The Kier molecular flexibility index (Phi) is 3.17. The van der Waals surface area contributed by atoms with Crippen molar-refractivity contribution in [3.63, 3.8) is 0 Å². The highest BCUT2D eigenvalue weighted by atomic mass is 32.4. The monoisotopic (exact) mass is 212 g/mol. The van der Waals surface area contributed by atoms with Gasteiger partial charge in [0.25, 0.3) is 0 Å². The van der Waals surface area contributed by atoms with E-state index in [0.717, 1.165) is 6.16 Å². The van der Waals surface area contributed by atoms with Gasteiger partial charge in [-0.05, 0) is 14.1 Å². The summed E-state index contributed by atoms with van der Waals surface area (Å²) in [7, 11) is 3.84. The van der Waals surface area contributed by atoms with E-state index in [0.29, 0.717) is 0 Å². The molecule has 1 saturated heterocycles. The molecule has 0 amide bonds. The highest BCUT2D eigenvalue weighted by molar-refractivity contribution is 8.12. The van der Waals surface area contributed by atoms with Crippen molar-refractivity contribution < 1.29 is 0 Å². The minimum Gasteiger partial charge on any atom is -0.280 e. The summed E-state index contributed by atoms with van der Waals surface area (Å²) in [5, 5.41) is 3.18. The van der Waals surface area contributed by atoms with Gasteiger partial charge in [-0.1, -0.05) is 17.7 Å². The average Bonchev–Trinajstić information content (AvgIpc) is 2.40. The Hall–Kier alpha value is -0.310. The van der Waals surface area contributed by atoms with Gasteiger partial charge in [0.05, 0.1) is 18.3 Å². The molecular formula is C9H13N2PS. The maximum Gasteiger partial charge on any atom is 0.0901 e. The van der Waals surface area contributed by atoms with E-state index in [1.54, 1.807) is 0 Å². The molecule has 1 aliphatic rings.